The average Bonchev–Trinajstić information content (AvgIpc) is 3.30. The smallest absolute Gasteiger partial charge is 0.394 e. The van der Waals surface area contributed by atoms with Crippen LogP contribution in [0.1, 0.15) is 6.42 Å². The molecule has 4 fully saturated rings. The number of hydrogen-bond acceptors (Lipinski definition) is 21. The molecular formula is C23H48N6O17S. The van der Waals surface area contributed by atoms with Gasteiger partial charge in [-0.3, -0.25) is 9.11 Å². The zero-order valence-electron chi connectivity index (χ0n) is 25.0. The molecule has 3 aliphatic heterocycles. The number of nitrogens with two attached hydrogens (primary N) is 6. The maximum Gasteiger partial charge on any atom is 0.394 e. The van der Waals surface area contributed by atoms with Crippen molar-refractivity contribution in [1.82, 2.24) is 0 Å². The Morgan fingerprint density at radius 2 is 0.979 bits per heavy atom. The second kappa shape index (κ2) is 16.9. The van der Waals surface area contributed by atoms with Gasteiger partial charge in [0, 0.05) is 25.2 Å². The van der Waals surface area contributed by atoms with E-state index in [2.05, 4.69) is 0 Å². The van der Waals surface area contributed by atoms with Gasteiger partial charge in [-0.25, -0.2) is 0 Å². The van der Waals surface area contributed by atoms with Crippen molar-refractivity contribution in [2.24, 2.45) is 34.4 Å². The summed E-state index contributed by atoms with van der Waals surface area (Å²) in [5, 5.41) is 73.0. The molecule has 19 atom stereocenters. The van der Waals surface area contributed by atoms with E-state index in [0.29, 0.717) is 0 Å². The van der Waals surface area contributed by atoms with Gasteiger partial charge in [0.05, 0.1) is 24.8 Å². The van der Waals surface area contributed by atoms with E-state index in [4.69, 9.17) is 80.3 Å². The first kappa shape index (κ1) is 40.5. The van der Waals surface area contributed by atoms with Crippen molar-refractivity contribution in [3.63, 3.8) is 0 Å². The third-order valence-electron chi connectivity index (χ3n) is 8.37. The van der Waals surface area contributed by atoms with E-state index in [9.17, 15) is 35.7 Å². The number of hydrogen-bond donors (Lipinski definition) is 15. The van der Waals surface area contributed by atoms with Gasteiger partial charge in [0.15, 0.2) is 18.9 Å². The molecule has 1 unspecified atom stereocenters. The highest BCUT2D eigenvalue weighted by atomic mass is 32.3. The van der Waals surface area contributed by atoms with Gasteiger partial charge in [-0.15, -0.1) is 0 Å². The van der Waals surface area contributed by atoms with Gasteiger partial charge in [-0.1, -0.05) is 0 Å². The molecule has 0 aromatic carbocycles. The van der Waals surface area contributed by atoms with Crippen molar-refractivity contribution in [3.8, 4) is 0 Å². The molecule has 0 bridgehead atoms. The lowest BCUT2D eigenvalue weighted by Crippen LogP contribution is -2.68. The molecule has 4 rings (SSSR count). The summed E-state index contributed by atoms with van der Waals surface area (Å²) in [6.45, 7) is -0.967. The van der Waals surface area contributed by atoms with E-state index in [-0.39, 0.29) is 19.5 Å². The molecule has 1 aliphatic carbocycles. The van der Waals surface area contributed by atoms with Crippen molar-refractivity contribution in [3.05, 3.63) is 0 Å². The Bertz CT molecular complexity index is 1080. The number of ether oxygens (including phenoxy) is 6. The fourth-order valence-electron chi connectivity index (χ4n) is 5.74. The van der Waals surface area contributed by atoms with E-state index in [1.807, 2.05) is 0 Å². The van der Waals surface area contributed by atoms with Gasteiger partial charge in [0.1, 0.15) is 67.1 Å². The Balaban J connectivity index is 0.00000111. The van der Waals surface area contributed by atoms with Crippen molar-refractivity contribution in [2.75, 3.05) is 19.7 Å². The van der Waals surface area contributed by atoms with Gasteiger partial charge < -0.3 is 98.6 Å². The van der Waals surface area contributed by atoms with Gasteiger partial charge in [-0.05, 0) is 6.42 Å². The van der Waals surface area contributed by atoms with Crippen molar-refractivity contribution in [2.45, 2.75) is 123 Å². The fraction of sp³-hybridized carbons (Fsp3) is 1.00. The summed E-state index contributed by atoms with van der Waals surface area (Å²) in [5.41, 5.74) is 35.6. The molecule has 23 nitrogen and oxygen atoms in total. The maximum absolute atomic E-state index is 11.1. The Kier molecular flexibility index (Phi) is 14.6. The summed E-state index contributed by atoms with van der Waals surface area (Å²) in [5.74, 6) is 0. The van der Waals surface area contributed by atoms with Gasteiger partial charge >= 0.3 is 10.4 Å². The van der Waals surface area contributed by atoms with Gasteiger partial charge in [0.2, 0.25) is 0 Å². The second-order valence-electron chi connectivity index (χ2n) is 11.7. The summed E-state index contributed by atoms with van der Waals surface area (Å²) in [4.78, 5) is 0. The van der Waals surface area contributed by atoms with E-state index in [0.717, 1.165) is 0 Å². The highest BCUT2D eigenvalue weighted by molar-refractivity contribution is 7.79. The first-order chi connectivity index (χ1) is 21.8. The molecule has 3 heterocycles. The summed E-state index contributed by atoms with van der Waals surface area (Å²) < 4.78 is 66.2. The Hall–Kier alpha value is -0.890. The van der Waals surface area contributed by atoms with Crippen LogP contribution in [-0.2, 0) is 38.8 Å². The summed E-state index contributed by atoms with van der Waals surface area (Å²) in [6.07, 6.45) is -19.8. The molecule has 0 spiro atoms. The summed E-state index contributed by atoms with van der Waals surface area (Å²) in [6, 6.07) is -4.18. The van der Waals surface area contributed by atoms with E-state index in [1.54, 1.807) is 0 Å². The predicted molar refractivity (Wildman–Crippen MR) is 153 cm³/mol. The molecule has 21 N–H and O–H groups in total. The van der Waals surface area contributed by atoms with Crippen LogP contribution in [0.15, 0.2) is 0 Å². The van der Waals surface area contributed by atoms with Gasteiger partial charge in [-0.2, -0.15) is 8.42 Å². The van der Waals surface area contributed by atoms with Crippen LogP contribution in [0.4, 0.5) is 0 Å². The fourth-order valence-corrected chi connectivity index (χ4v) is 5.74. The molecule has 278 valence electrons. The van der Waals surface area contributed by atoms with Crippen molar-refractivity contribution >= 4 is 10.4 Å². The quantitative estimate of drug-likeness (QED) is 0.0986. The van der Waals surface area contributed by atoms with E-state index >= 15 is 0 Å². The SMILES string of the molecule is NC[C@H]1O[C@H](OC2[C@@H](O)[C@H](O[C@@H]3[C@@H](O)[C@H](N)C[C@H](N)[C@H]3O[C@H]3O[C@H](CN)[C@@H](O)[C@H](O)[C@H]3N)O[C@@H]2CO)[C@H](N)[C@@H](O)[C@@H]1O.O=S(=O)(O)O. The lowest BCUT2D eigenvalue weighted by atomic mass is 9.84. The molecule has 0 amide bonds. The van der Waals surface area contributed by atoms with Crippen molar-refractivity contribution in [1.29, 1.82) is 0 Å². The first-order valence-corrected chi connectivity index (χ1v) is 16.0. The molecule has 24 heteroatoms. The Morgan fingerprint density at radius 3 is 1.40 bits per heavy atom. The largest absolute Gasteiger partial charge is 0.394 e. The highest BCUT2D eigenvalue weighted by Crippen LogP contribution is 2.34. The summed E-state index contributed by atoms with van der Waals surface area (Å²) >= 11 is 0. The second-order valence-corrected chi connectivity index (χ2v) is 12.6. The molecular weight excluding hydrogens is 664 g/mol. The maximum atomic E-state index is 11.1. The first-order valence-electron chi connectivity index (χ1n) is 14.6. The minimum Gasteiger partial charge on any atom is -0.394 e. The number of rotatable bonds is 9. The van der Waals surface area contributed by atoms with Crippen LogP contribution in [-0.4, -0.2) is 189 Å². The van der Waals surface area contributed by atoms with Crippen LogP contribution < -0.4 is 34.4 Å². The van der Waals surface area contributed by atoms with Gasteiger partial charge in [0.25, 0.3) is 0 Å². The molecule has 47 heavy (non-hydrogen) atoms. The van der Waals surface area contributed by atoms with Crippen LogP contribution in [0.5, 0.6) is 0 Å². The molecule has 1 saturated carbocycles. The van der Waals surface area contributed by atoms with Crippen LogP contribution in [0.2, 0.25) is 0 Å². The standard InChI is InChI=1S/C23H46N6O13.H2O4S/c24-2-7-13(32)15(34)10(28)21(37-7)40-18-6(27)1-5(26)12(31)20(18)42-23-17(36)19(9(4-30)39-23)41-22-11(29)16(35)14(33)8(3-25)38-22;1-5(2,3)4/h5-23,30-36H,1-4,24-29H2;(H2,1,2,3,4)/t5-,6+,7-,8-,9-,10-,11-,12+,13-,14-,15-,16-,17-,18-,19?,20-,21-,22-,23+;/m1./s1. The monoisotopic (exact) mass is 712 g/mol. The topological polar surface area (TPSA) is 428 Å². The summed E-state index contributed by atoms with van der Waals surface area (Å²) in [7, 11) is -4.67. The zero-order valence-corrected chi connectivity index (χ0v) is 25.8. The van der Waals surface area contributed by atoms with E-state index in [1.165, 1.54) is 0 Å². The van der Waals surface area contributed by atoms with Crippen molar-refractivity contribution < 1.29 is 81.7 Å². The normalized spacial score (nSPS) is 49.3. The Morgan fingerprint density at radius 1 is 0.574 bits per heavy atom. The Labute approximate surface area is 269 Å². The van der Waals surface area contributed by atoms with E-state index < -0.39 is 133 Å². The van der Waals surface area contributed by atoms with Crippen LogP contribution in [0, 0.1) is 0 Å². The number of aliphatic hydroxyl groups excluding tert-OH is 7. The third kappa shape index (κ3) is 9.67. The molecule has 4 aliphatic rings. The highest BCUT2D eigenvalue weighted by Gasteiger charge is 2.54. The van der Waals surface area contributed by atoms with Crippen LogP contribution in [0.3, 0.4) is 0 Å². The predicted octanol–water partition coefficient (Wildman–Crippen LogP) is -9.55. The average molecular weight is 713 g/mol. The molecule has 0 aromatic heterocycles. The zero-order chi connectivity index (χ0) is 35.5. The third-order valence-corrected chi connectivity index (χ3v) is 8.37. The molecule has 0 radical (unpaired) electrons. The minimum absolute atomic E-state index is 0.0889. The number of aliphatic hydroxyl groups is 7. The van der Waals surface area contributed by atoms with Crippen LogP contribution >= 0.6 is 0 Å². The molecule has 0 aromatic rings. The lowest BCUT2D eigenvalue weighted by Gasteiger charge is -2.47. The minimum atomic E-state index is -4.67. The van der Waals surface area contributed by atoms with Crippen LogP contribution in [0.25, 0.3) is 0 Å². The molecule has 3 saturated heterocycles. The lowest BCUT2D eigenvalue weighted by molar-refractivity contribution is -0.306.